The molecule has 1 fully saturated rings. The Balaban J connectivity index is 1.45. The van der Waals surface area contributed by atoms with Crippen LogP contribution in [0, 0.1) is 0 Å². The molecule has 2 amide bonds. The van der Waals surface area contributed by atoms with Gasteiger partial charge in [0.2, 0.25) is 5.91 Å². The maximum absolute atomic E-state index is 12.6. The van der Waals surface area contributed by atoms with E-state index in [9.17, 15) is 9.59 Å². The molecule has 1 aromatic carbocycles. The first-order chi connectivity index (χ1) is 14.0. The number of carbonyl (C=O) groups is 2. The van der Waals surface area contributed by atoms with Gasteiger partial charge in [-0.05, 0) is 36.6 Å². The van der Waals surface area contributed by atoms with Crippen LogP contribution in [0.4, 0.5) is 0 Å². The lowest BCUT2D eigenvalue weighted by molar-refractivity contribution is -0.132. The minimum atomic E-state index is -0.149. The first-order valence-corrected chi connectivity index (χ1v) is 9.88. The summed E-state index contributed by atoms with van der Waals surface area (Å²) in [4.78, 5) is 28.2. The number of piperidine rings is 1. The third-order valence-electron chi connectivity index (χ3n) is 5.43. The molecule has 2 aromatic heterocycles. The van der Waals surface area contributed by atoms with Crippen LogP contribution in [0.1, 0.15) is 41.3 Å². The molecule has 1 atom stereocenters. The third-order valence-corrected chi connectivity index (χ3v) is 5.43. The number of hydrogen-bond donors (Lipinski definition) is 0. The third kappa shape index (κ3) is 4.16. The van der Waals surface area contributed by atoms with Crippen LogP contribution in [0.2, 0.25) is 0 Å². The summed E-state index contributed by atoms with van der Waals surface area (Å²) in [6.45, 7) is 2.05. The Morgan fingerprint density at radius 2 is 2.14 bits per heavy atom. The summed E-state index contributed by atoms with van der Waals surface area (Å²) in [5, 5.41) is 8.60. The van der Waals surface area contributed by atoms with E-state index in [0.717, 1.165) is 24.8 Å². The molecule has 1 aliphatic heterocycles. The summed E-state index contributed by atoms with van der Waals surface area (Å²) in [5.41, 5.74) is 1.88. The van der Waals surface area contributed by atoms with Crippen LogP contribution in [0.25, 0.3) is 11.0 Å². The molecule has 1 aliphatic rings. The van der Waals surface area contributed by atoms with Gasteiger partial charge in [-0.1, -0.05) is 11.3 Å². The van der Waals surface area contributed by atoms with Crippen LogP contribution in [0.5, 0.6) is 0 Å². The van der Waals surface area contributed by atoms with Crippen molar-refractivity contribution in [2.45, 2.75) is 31.7 Å². The Bertz CT molecular complexity index is 1010. The molecule has 1 unspecified atom stereocenters. The minimum absolute atomic E-state index is 0.147. The second-order valence-corrected chi connectivity index (χ2v) is 7.70. The van der Waals surface area contributed by atoms with Crippen molar-refractivity contribution in [2.75, 3.05) is 27.2 Å². The van der Waals surface area contributed by atoms with Gasteiger partial charge in [0.1, 0.15) is 5.58 Å². The number of furan rings is 1. The molecule has 0 spiro atoms. The van der Waals surface area contributed by atoms with Crippen molar-refractivity contribution in [1.29, 1.82) is 0 Å². The highest BCUT2D eigenvalue weighted by Gasteiger charge is 2.25. The Morgan fingerprint density at radius 3 is 2.90 bits per heavy atom. The number of rotatable bonds is 5. The van der Waals surface area contributed by atoms with Gasteiger partial charge in [0.15, 0.2) is 5.76 Å². The normalized spacial score (nSPS) is 16.9. The first-order valence-electron chi connectivity index (χ1n) is 9.88. The van der Waals surface area contributed by atoms with E-state index in [1.54, 1.807) is 37.2 Å². The Labute approximate surface area is 169 Å². The van der Waals surface area contributed by atoms with Crippen LogP contribution in [-0.4, -0.2) is 63.8 Å². The highest BCUT2D eigenvalue weighted by Crippen LogP contribution is 2.31. The zero-order valence-corrected chi connectivity index (χ0v) is 16.7. The molecule has 152 valence electrons. The number of likely N-dealkylation sites (tertiary alicyclic amines) is 1. The van der Waals surface area contributed by atoms with Gasteiger partial charge in [-0.2, -0.15) is 0 Å². The van der Waals surface area contributed by atoms with E-state index in [1.165, 1.54) is 10.5 Å². The number of aryl methyl sites for hydroxylation is 1. The van der Waals surface area contributed by atoms with Crippen LogP contribution in [0.15, 0.2) is 41.1 Å². The molecule has 8 heteroatoms. The maximum atomic E-state index is 12.6. The summed E-state index contributed by atoms with van der Waals surface area (Å²) < 4.78 is 7.37. The van der Waals surface area contributed by atoms with Crippen LogP contribution < -0.4 is 0 Å². The Kier molecular flexibility index (Phi) is 5.33. The number of hydrogen-bond acceptors (Lipinski definition) is 5. The van der Waals surface area contributed by atoms with Crippen molar-refractivity contribution in [2.24, 2.45) is 0 Å². The standard InChI is InChI=1S/C21H25N5O3/c1-24(2)21(28)19-13-17-12-15(5-6-18(17)29-19)16-4-3-9-25(14-16)20(27)7-10-26-11-8-22-23-26/h5-6,8,11-13,16H,3-4,7,9-10,14H2,1-2H3. The molecule has 29 heavy (non-hydrogen) atoms. The molecule has 4 rings (SSSR count). The predicted octanol–water partition coefficient (Wildman–Crippen LogP) is 2.52. The van der Waals surface area contributed by atoms with E-state index in [0.29, 0.717) is 30.9 Å². The monoisotopic (exact) mass is 395 g/mol. The van der Waals surface area contributed by atoms with E-state index in [-0.39, 0.29) is 17.7 Å². The van der Waals surface area contributed by atoms with E-state index >= 15 is 0 Å². The molecule has 8 nitrogen and oxygen atoms in total. The molecule has 0 saturated carbocycles. The first kappa shape index (κ1) is 19.2. The van der Waals surface area contributed by atoms with Gasteiger partial charge in [-0.3, -0.25) is 14.3 Å². The lowest BCUT2D eigenvalue weighted by Crippen LogP contribution is -2.39. The minimum Gasteiger partial charge on any atom is -0.451 e. The van der Waals surface area contributed by atoms with Crippen molar-refractivity contribution in [3.05, 3.63) is 48.0 Å². The van der Waals surface area contributed by atoms with Crippen molar-refractivity contribution in [1.82, 2.24) is 24.8 Å². The van der Waals surface area contributed by atoms with Gasteiger partial charge in [-0.15, -0.1) is 5.10 Å². The van der Waals surface area contributed by atoms with Gasteiger partial charge in [0, 0.05) is 51.1 Å². The van der Waals surface area contributed by atoms with Gasteiger partial charge in [0.05, 0.1) is 12.7 Å². The molecule has 0 bridgehead atoms. The van der Waals surface area contributed by atoms with Crippen molar-refractivity contribution in [3.63, 3.8) is 0 Å². The van der Waals surface area contributed by atoms with E-state index in [4.69, 9.17) is 4.42 Å². The Morgan fingerprint density at radius 1 is 1.28 bits per heavy atom. The topological polar surface area (TPSA) is 84.5 Å². The molecule has 0 radical (unpaired) electrons. The molecular weight excluding hydrogens is 370 g/mol. The van der Waals surface area contributed by atoms with E-state index in [1.807, 2.05) is 17.0 Å². The van der Waals surface area contributed by atoms with E-state index in [2.05, 4.69) is 16.4 Å². The van der Waals surface area contributed by atoms with Crippen molar-refractivity contribution >= 4 is 22.8 Å². The lowest BCUT2D eigenvalue weighted by Gasteiger charge is -2.33. The molecule has 0 N–H and O–H groups in total. The fourth-order valence-electron chi connectivity index (χ4n) is 3.84. The highest BCUT2D eigenvalue weighted by atomic mass is 16.3. The zero-order chi connectivity index (χ0) is 20.4. The molecule has 0 aliphatic carbocycles. The molecule has 1 saturated heterocycles. The molecule has 3 heterocycles. The summed E-state index contributed by atoms with van der Waals surface area (Å²) >= 11 is 0. The SMILES string of the molecule is CN(C)C(=O)c1cc2cc(C3CCCN(C(=O)CCn4ccnn4)C3)ccc2o1. The van der Waals surface area contributed by atoms with E-state index < -0.39 is 0 Å². The predicted molar refractivity (Wildman–Crippen MR) is 107 cm³/mol. The molecule has 3 aromatic rings. The average Bonchev–Trinajstić information content (AvgIpc) is 3.40. The maximum Gasteiger partial charge on any atom is 0.289 e. The number of fused-ring (bicyclic) bond motifs is 1. The smallest absolute Gasteiger partial charge is 0.289 e. The number of amides is 2. The van der Waals surface area contributed by atoms with Gasteiger partial charge >= 0.3 is 0 Å². The summed E-state index contributed by atoms with van der Waals surface area (Å²) in [7, 11) is 3.41. The van der Waals surface area contributed by atoms with Crippen LogP contribution in [0.3, 0.4) is 0 Å². The van der Waals surface area contributed by atoms with Crippen LogP contribution >= 0.6 is 0 Å². The Hall–Kier alpha value is -3.16. The molecular formula is C21H25N5O3. The number of nitrogens with zero attached hydrogens (tertiary/aromatic N) is 5. The summed E-state index contributed by atoms with van der Waals surface area (Å²) in [6.07, 6.45) is 5.83. The van der Waals surface area contributed by atoms with Crippen molar-refractivity contribution < 1.29 is 14.0 Å². The number of aromatic nitrogens is 3. The highest BCUT2D eigenvalue weighted by molar-refractivity contribution is 5.96. The number of carbonyl (C=O) groups excluding carboxylic acids is 2. The van der Waals surface area contributed by atoms with Gasteiger partial charge < -0.3 is 14.2 Å². The second kappa shape index (κ2) is 8.06. The quantitative estimate of drug-likeness (QED) is 0.663. The average molecular weight is 395 g/mol. The van der Waals surface area contributed by atoms with Crippen molar-refractivity contribution in [3.8, 4) is 0 Å². The lowest BCUT2D eigenvalue weighted by atomic mass is 9.90. The van der Waals surface area contributed by atoms with Gasteiger partial charge in [-0.25, -0.2) is 0 Å². The summed E-state index contributed by atoms with van der Waals surface area (Å²) in [5.74, 6) is 0.625. The zero-order valence-electron chi connectivity index (χ0n) is 16.7. The fraction of sp³-hybridized carbons (Fsp3) is 0.429. The second-order valence-electron chi connectivity index (χ2n) is 7.70. The fourth-order valence-corrected chi connectivity index (χ4v) is 3.84. The number of benzene rings is 1. The summed E-state index contributed by atoms with van der Waals surface area (Å²) in [6, 6.07) is 7.84. The van der Waals surface area contributed by atoms with Crippen LogP contribution in [-0.2, 0) is 11.3 Å². The van der Waals surface area contributed by atoms with Gasteiger partial charge in [0.25, 0.3) is 5.91 Å². The largest absolute Gasteiger partial charge is 0.451 e.